The van der Waals surface area contributed by atoms with Crippen molar-refractivity contribution in [2.24, 2.45) is 0 Å². The minimum atomic E-state index is 0.114. The Morgan fingerprint density at radius 2 is 2.21 bits per heavy atom. The Labute approximate surface area is 117 Å². The van der Waals surface area contributed by atoms with Gasteiger partial charge in [-0.15, -0.1) is 11.3 Å². The molecule has 19 heavy (non-hydrogen) atoms. The zero-order chi connectivity index (χ0) is 13.8. The van der Waals surface area contributed by atoms with Crippen LogP contribution in [0.4, 0.5) is 11.6 Å². The van der Waals surface area contributed by atoms with Crippen LogP contribution < -0.4 is 11.1 Å². The maximum Gasteiger partial charge on any atom is 0.135 e. The summed E-state index contributed by atoms with van der Waals surface area (Å²) in [7, 11) is 0. The van der Waals surface area contributed by atoms with E-state index in [-0.39, 0.29) is 6.04 Å². The number of nitrogens with zero attached hydrogens (tertiary/aromatic N) is 3. The summed E-state index contributed by atoms with van der Waals surface area (Å²) in [6.45, 7) is 6.19. The summed E-state index contributed by atoms with van der Waals surface area (Å²) in [5, 5.41) is 6.49. The number of hydrogen-bond donors (Lipinski definition) is 2. The predicted octanol–water partition coefficient (Wildman–Crippen LogP) is 2.95. The molecule has 0 saturated carbocycles. The number of aromatic nitrogens is 3. The summed E-state index contributed by atoms with van der Waals surface area (Å²) >= 11 is 1.65. The smallest absolute Gasteiger partial charge is 0.135 e. The van der Waals surface area contributed by atoms with Crippen LogP contribution in [0.1, 0.15) is 42.6 Å². The summed E-state index contributed by atoms with van der Waals surface area (Å²) in [5.41, 5.74) is 7.96. The number of aryl methyl sites for hydroxylation is 1. The molecule has 1 atom stereocenters. The van der Waals surface area contributed by atoms with Crippen molar-refractivity contribution in [1.29, 1.82) is 0 Å². The maximum atomic E-state index is 5.92. The SMILES string of the molecule is CCCc1c(N)ncnc1NC(C)c1nc(C)cs1. The Balaban J connectivity index is 2.21. The van der Waals surface area contributed by atoms with E-state index in [1.54, 1.807) is 11.3 Å². The van der Waals surface area contributed by atoms with Crippen molar-refractivity contribution in [2.75, 3.05) is 11.1 Å². The highest BCUT2D eigenvalue weighted by molar-refractivity contribution is 7.09. The third-order valence-corrected chi connectivity index (χ3v) is 3.98. The molecule has 2 rings (SSSR count). The molecule has 3 N–H and O–H groups in total. The predicted molar refractivity (Wildman–Crippen MR) is 79.3 cm³/mol. The molecule has 2 aromatic rings. The Bertz CT molecular complexity index is 552. The first-order chi connectivity index (χ1) is 9.11. The molecular formula is C13H19N5S. The van der Waals surface area contributed by atoms with Crippen LogP contribution in [0.5, 0.6) is 0 Å². The van der Waals surface area contributed by atoms with Crippen molar-refractivity contribution in [3.63, 3.8) is 0 Å². The first kappa shape index (κ1) is 13.7. The molecule has 6 heteroatoms. The van der Waals surface area contributed by atoms with Gasteiger partial charge in [-0.05, 0) is 20.3 Å². The molecule has 0 aliphatic carbocycles. The first-order valence-electron chi connectivity index (χ1n) is 6.39. The van der Waals surface area contributed by atoms with Gasteiger partial charge in [-0.25, -0.2) is 15.0 Å². The highest BCUT2D eigenvalue weighted by Crippen LogP contribution is 2.25. The normalized spacial score (nSPS) is 12.4. The van der Waals surface area contributed by atoms with Gasteiger partial charge in [-0.3, -0.25) is 0 Å². The molecular weight excluding hydrogens is 258 g/mol. The molecule has 0 bridgehead atoms. The lowest BCUT2D eigenvalue weighted by molar-refractivity contribution is 0.836. The van der Waals surface area contributed by atoms with Gasteiger partial charge in [0.1, 0.15) is 23.0 Å². The van der Waals surface area contributed by atoms with Gasteiger partial charge < -0.3 is 11.1 Å². The van der Waals surface area contributed by atoms with Gasteiger partial charge in [0.2, 0.25) is 0 Å². The minimum absolute atomic E-state index is 0.114. The van der Waals surface area contributed by atoms with Crippen molar-refractivity contribution < 1.29 is 0 Å². The standard InChI is InChI=1S/C13H19N5S/c1-4-5-10-11(14)15-7-16-12(10)18-9(3)13-17-8(2)6-19-13/h6-7,9H,4-5H2,1-3H3,(H3,14,15,16,18). The van der Waals surface area contributed by atoms with Gasteiger partial charge in [0.15, 0.2) is 0 Å². The Morgan fingerprint density at radius 1 is 1.42 bits per heavy atom. The number of nitrogens with one attached hydrogen (secondary N) is 1. The van der Waals surface area contributed by atoms with Gasteiger partial charge in [0.05, 0.1) is 6.04 Å². The Hall–Kier alpha value is -1.69. The molecule has 0 amide bonds. The average Bonchev–Trinajstić information content (AvgIpc) is 2.80. The van der Waals surface area contributed by atoms with Gasteiger partial charge in [-0.1, -0.05) is 13.3 Å². The molecule has 102 valence electrons. The summed E-state index contributed by atoms with van der Waals surface area (Å²) in [6, 6.07) is 0.114. The number of hydrogen-bond acceptors (Lipinski definition) is 6. The highest BCUT2D eigenvalue weighted by Gasteiger charge is 2.14. The quantitative estimate of drug-likeness (QED) is 0.878. The van der Waals surface area contributed by atoms with Crippen LogP contribution in [0.2, 0.25) is 0 Å². The molecule has 1 unspecified atom stereocenters. The number of nitrogens with two attached hydrogens (primary N) is 1. The van der Waals surface area contributed by atoms with Crippen molar-refractivity contribution in [1.82, 2.24) is 15.0 Å². The molecule has 2 heterocycles. The summed E-state index contributed by atoms with van der Waals surface area (Å²) in [4.78, 5) is 12.8. The number of anilines is 2. The van der Waals surface area contributed by atoms with Crippen LogP contribution in [-0.2, 0) is 6.42 Å². The molecule has 2 aromatic heterocycles. The third-order valence-electron chi connectivity index (χ3n) is 2.84. The van der Waals surface area contributed by atoms with E-state index in [0.717, 1.165) is 34.9 Å². The van der Waals surface area contributed by atoms with Crippen molar-refractivity contribution in [2.45, 2.75) is 39.7 Å². The molecule has 0 fully saturated rings. The topological polar surface area (TPSA) is 76.7 Å². The number of nitrogen functional groups attached to an aromatic ring is 1. The lowest BCUT2D eigenvalue weighted by Crippen LogP contribution is -2.12. The zero-order valence-corrected chi connectivity index (χ0v) is 12.3. The second-order valence-electron chi connectivity index (χ2n) is 4.53. The van der Waals surface area contributed by atoms with Gasteiger partial charge in [0, 0.05) is 16.6 Å². The second kappa shape index (κ2) is 5.97. The fourth-order valence-electron chi connectivity index (χ4n) is 1.88. The number of thiazole rings is 1. The van der Waals surface area contributed by atoms with E-state index in [4.69, 9.17) is 5.73 Å². The van der Waals surface area contributed by atoms with Crippen LogP contribution in [0.25, 0.3) is 0 Å². The first-order valence-corrected chi connectivity index (χ1v) is 7.27. The average molecular weight is 277 g/mol. The van der Waals surface area contributed by atoms with Crippen molar-refractivity contribution >= 4 is 23.0 Å². The molecule has 0 aliphatic heterocycles. The molecule has 0 spiro atoms. The number of rotatable bonds is 5. The van der Waals surface area contributed by atoms with Gasteiger partial charge >= 0.3 is 0 Å². The monoisotopic (exact) mass is 277 g/mol. The lowest BCUT2D eigenvalue weighted by atomic mass is 10.1. The van der Waals surface area contributed by atoms with Crippen LogP contribution >= 0.6 is 11.3 Å². The van der Waals surface area contributed by atoms with Crippen molar-refractivity contribution in [3.8, 4) is 0 Å². The molecule has 0 aliphatic rings. The van der Waals surface area contributed by atoms with Crippen LogP contribution in [-0.4, -0.2) is 15.0 Å². The van der Waals surface area contributed by atoms with E-state index < -0.39 is 0 Å². The van der Waals surface area contributed by atoms with Crippen LogP contribution in [0.3, 0.4) is 0 Å². The maximum absolute atomic E-state index is 5.92. The van der Waals surface area contributed by atoms with E-state index >= 15 is 0 Å². The minimum Gasteiger partial charge on any atom is -0.383 e. The third kappa shape index (κ3) is 3.20. The Morgan fingerprint density at radius 3 is 2.84 bits per heavy atom. The lowest BCUT2D eigenvalue weighted by Gasteiger charge is -2.15. The van der Waals surface area contributed by atoms with Crippen LogP contribution in [0, 0.1) is 6.92 Å². The second-order valence-corrected chi connectivity index (χ2v) is 5.42. The van der Waals surface area contributed by atoms with Gasteiger partial charge in [-0.2, -0.15) is 0 Å². The summed E-state index contributed by atoms with van der Waals surface area (Å²) in [6.07, 6.45) is 3.38. The van der Waals surface area contributed by atoms with Crippen molar-refractivity contribution in [3.05, 3.63) is 28.0 Å². The van der Waals surface area contributed by atoms with E-state index in [1.807, 2.05) is 6.92 Å². The van der Waals surface area contributed by atoms with E-state index in [1.165, 1.54) is 6.33 Å². The fraction of sp³-hybridized carbons (Fsp3) is 0.462. The van der Waals surface area contributed by atoms with Gasteiger partial charge in [0.25, 0.3) is 0 Å². The molecule has 0 aromatic carbocycles. The van der Waals surface area contributed by atoms with E-state index in [2.05, 4.69) is 39.5 Å². The fourth-order valence-corrected chi connectivity index (χ4v) is 2.69. The van der Waals surface area contributed by atoms with E-state index in [9.17, 15) is 0 Å². The summed E-state index contributed by atoms with van der Waals surface area (Å²) < 4.78 is 0. The highest BCUT2D eigenvalue weighted by atomic mass is 32.1. The van der Waals surface area contributed by atoms with Crippen LogP contribution in [0.15, 0.2) is 11.7 Å². The zero-order valence-electron chi connectivity index (χ0n) is 11.5. The molecule has 0 saturated heterocycles. The molecule has 0 radical (unpaired) electrons. The van der Waals surface area contributed by atoms with E-state index in [0.29, 0.717) is 5.82 Å². The summed E-state index contributed by atoms with van der Waals surface area (Å²) in [5.74, 6) is 1.37. The largest absolute Gasteiger partial charge is 0.383 e. The molecule has 5 nitrogen and oxygen atoms in total. The Kier molecular flexibility index (Phi) is 4.31.